The summed E-state index contributed by atoms with van der Waals surface area (Å²) in [4.78, 5) is 11.5. The first kappa shape index (κ1) is 17.5. The van der Waals surface area contributed by atoms with Crippen LogP contribution in [0.15, 0.2) is 12.1 Å². The molecule has 2 rings (SSSR count). The van der Waals surface area contributed by atoms with E-state index in [4.69, 9.17) is 10.5 Å². The molecular formula is C14H14F5NO3. The Balaban J connectivity index is 2.60. The number of benzene rings is 1. The maximum Gasteiger partial charge on any atom is 0.417 e. The number of amides is 1. The van der Waals surface area contributed by atoms with Gasteiger partial charge < -0.3 is 15.6 Å². The van der Waals surface area contributed by atoms with Gasteiger partial charge in [-0.2, -0.15) is 17.6 Å². The summed E-state index contributed by atoms with van der Waals surface area (Å²) < 4.78 is 71.4. The predicted molar refractivity (Wildman–Crippen MR) is 68.5 cm³/mol. The topological polar surface area (TPSA) is 72.5 Å². The van der Waals surface area contributed by atoms with Gasteiger partial charge >= 0.3 is 6.18 Å². The molecule has 1 heterocycles. The molecule has 1 saturated heterocycles. The molecule has 0 saturated carbocycles. The number of rotatable bonds is 2. The second-order valence-corrected chi connectivity index (χ2v) is 5.66. The number of hydrogen-bond acceptors (Lipinski definition) is 3. The van der Waals surface area contributed by atoms with Gasteiger partial charge in [0, 0.05) is 17.4 Å². The average molecular weight is 339 g/mol. The molecule has 1 fully saturated rings. The maximum absolute atomic E-state index is 13.5. The summed E-state index contributed by atoms with van der Waals surface area (Å²) in [6, 6.07) is 1.56. The predicted octanol–water partition coefficient (Wildman–Crippen LogP) is 2.60. The highest BCUT2D eigenvalue weighted by Gasteiger charge is 2.65. The molecule has 4 nitrogen and oxygen atoms in total. The molecule has 1 amide bonds. The molecule has 0 aromatic heterocycles. The van der Waals surface area contributed by atoms with E-state index in [9.17, 15) is 31.9 Å². The first-order valence-electron chi connectivity index (χ1n) is 6.62. The van der Waals surface area contributed by atoms with Crippen LogP contribution in [0.3, 0.4) is 0 Å². The minimum Gasteiger partial charge on any atom is -0.505 e. The summed E-state index contributed by atoms with van der Waals surface area (Å²) in [7, 11) is 0. The number of carbonyl (C=O) groups excluding carboxylic acids is 1. The van der Waals surface area contributed by atoms with E-state index in [1.165, 1.54) is 0 Å². The van der Waals surface area contributed by atoms with E-state index in [0.717, 1.165) is 19.9 Å². The fourth-order valence-corrected chi connectivity index (χ4v) is 2.87. The molecule has 23 heavy (non-hydrogen) atoms. The third kappa shape index (κ3) is 2.52. The van der Waals surface area contributed by atoms with Gasteiger partial charge in [0.2, 0.25) is 11.7 Å². The van der Waals surface area contributed by atoms with Gasteiger partial charge in [0.25, 0.3) is 0 Å². The number of primary amides is 1. The Morgan fingerprint density at radius 3 is 2.39 bits per heavy atom. The Bertz CT molecular complexity index is 648. The second-order valence-electron chi connectivity index (χ2n) is 5.66. The molecule has 0 unspecified atom stereocenters. The van der Waals surface area contributed by atoms with E-state index in [0.29, 0.717) is 6.07 Å². The lowest BCUT2D eigenvalue weighted by atomic mass is 9.77. The van der Waals surface area contributed by atoms with Gasteiger partial charge in [-0.3, -0.25) is 4.79 Å². The van der Waals surface area contributed by atoms with Crippen molar-refractivity contribution in [2.45, 2.75) is 37.6 Å². The zero-order valence-corrected chi connectivity index (χ0v) is 12.1. The highest BCUT2D eigenvalue weighted by molar-refractivity contribution is 5.81. The summed E-state index contributed by atoms with van der Waals surface area (Å²) in [6.45, 7) is 1.88. The highest BCUT2D eigenvalue weighted by Crippen LogP contribution is 2.54. The van der Waals surface area contributed by atoms with Crippen LogP contribution in [0.4, 0.5) is 22.0 Å². The van der Waals surface area contributed by atoms with Crippen molar-refractivity contribution < 1.29 is 36.6 Å². The van der Waals surface area contributed by atoms with E-state index < -0.39 is 53.0 Å². The van der Waals surface area contributed by atoms with Gasteiger partial charge in [-0.1, -0.05) is 13.0 Å². The SMILES string of the molecule is C[C@H]1[C@@H](c2ccc(F)c(F)c2O)[C@H](C(N)=O)O[C@@]1(C)C(F)(F)F. The minimum atomic E-state index is -4.83. The fraction of sp³-hybridized carbons (Fsp3) is 0.500. The molecule has 1 aliphatic heterocycles. The number of aromatic hydroxyl groups is 1. The second kappa shape index (κ2) is 5.33. The van der Waals surface area contributed by atoms with Gasteiger partial charge in [-0.25, -0.2) is 4.39 Å². The lowest BCUT2D eigenvalue weighted by Crippen LogP contribution is -2.47. The Hall–Kier alpha value is -1.90. The smallest absolute Gasteiger partial charge is 0.417 e. The van der Waals surface area contributed by atoms with Crippen LogP contribution in [0.5, 0.6) is 5.75 Å². The number of halogens is 5. The maximum atomic E-state index is 13.5. The van der Waals surface area contributed by atoms with Crippen molar-refractivity contribution in [1.29, 1.82) is 0 Å². The first-order chi connectivity index (χ1) is 10.4. The molecule has 9 heteroatoms. The summed E-state index contributed by atoms with van der Waals surface area (Å²) in [6.07, 6.45) is -6.57. The van der Waals surface area contributed by atoms with Gasteiger partial charge in [0.05, 0.1) is 0 Å². The van der Waals surface area contributed by atoms with Gasteiger partial charge in [0.1, 0.15) is 6.10 Å². The zero-order chi connectivity index (χ0) is 17.7. The molecule has 1 aromatic rings. The summed E-state index contributed by atoms with van der Waals surface area (Å²) in [5, 5.41) is 9.73. The van der Waals surface area contributed by atoms with Crippen molar-refractivity contribution in [1.82, 2.24) is 0 Å². The summed E-state index contributed by atoms with van der Waals surface area (Å²) in [5.41, 5.74) is 1.99. The molecule has 0 bridgehead atoms. The van der Waals surface area contributed by atoms with E-state index >= 15 is 0 Å². The zero-order valence-electron chi connectivity index (χ0n) is 12.1. The third-order valence-corrected chi connectivity index (χ3v) is 4.41. The van der Waals surface area contributed by atoms with Gasteiger partial charge in [0.15, 0.2) is 17.2 Å². The third-order valence-electron chi connectivity index (χ3n) is 4.41. The largest absolute Gasteiger partial charge is 0.505 e. The van der Waals surface area contributed by atoms with Crippen molar-refractivity contribution in [3.63, 3.8) is 0 Å². The standard InChI is InChI=1S/C14H14F5NO3/c1-5-8(6-3-4-7(15)9(16)10(6)21)11(12(20)22)23-13(5,2)14(17,18)19/h3-5,8,11,21H,1-2H3,(H2,20,22)/t5-,8-,11+,13+/m0/s1. The van der Waals surface area contributed by atoms with Crippen molar-refractivity contribution >= 4 is 5.91 Å². The molecule has 3 N–H and O–H groups in total. The lowest BCUT2D eigenvalue weighted by molar-refractivity contribution is -0.272. The summed E-state index contributed by atoms with van der Waals surface area (Å²) in [5.74, 6) is -8.10. The average Bonchev–Trinajstić information content (AvgIpc) is 2.71. The number of alkyl halides is 3. The first-order valence-corrected chi connectivity index (χ1v) is 6.62. The van der Waals surface area contributed by atoms with Crippen LogP contribution in [0.2, 0.25) is 0 Å². The van der Waals surface area contributed by atoms with Crippen LogP contribution in [0.1, 0.15) is 25.3 Å². The fourth-order valence-electron chi connectivity index (χ4n) is 2.87. The van der Waals surface area contributed by atoms with Crippen LogP contribution >= 0.6 is 0 Å². The highest BCUT2D eigenvalue weighted by atomic mass is 19.4. The number of carbonyl (C=O) groups is 1. The molecule has 0 spiro atoms. The van der Waals surface area contributed by atoms with Gasteiger partial charge in [-0.05, 0) is 13.0 Å². The number of ether oxygens (including phenoxy) is 1. The molecule has 0 aliphatic carbocycles. The molecule has 128 valence electrons. The van der Waals surface area contributed by atoms with Gasteiger partial charge in [-0.15, -0.1) is 0 Å². The van der Waals surface area contributed by atoms with Crippen molar-refractivity contribution in [2.75, 3.05) is 0 Å². The van der Waals surface area contributed by atoms with Crippen LogP contribution in [-0.2, 0) is 9.53 Å². The normalized spacial score (nSPS) is 31.3. The Morgan fingerprint density at radius 1 is 1.35 bits per heavy atom. The van der Waals surface area contributed by atoms with E-state index in [2.05, 4.69) is 0 Å². The van der Waals surface area contributed by atoms with Crippen LogP contribution in [0.25, 0.3) is 0 Å². The van der Waals surface area contributed by atoms with E-state index in [1.807, 2.05) is 0 Å². The Morgan fingerprint density at radius 2 is 1.91 bits per heavy atom. The molecule has 0 radical (unpaired) electrons. The number of phenols is 1. The van der Waals surface area contributed by atoms with E-state index in [1.54, 1.807) is 0 Å². The number of hydrogen-bond donors (Lipinski definition) is 2. The Kier molecular flexibility index (Phi) is 4.04. The lowest BCUT2D eigenvalue weighted by Gasteiger charge is -2.31. The quantitative estimate of drug-likeness (QED) is 0.814. The van der Waals surface area contributed by atoms with Crippen LogP contribution < -0.4 is 5.73 Å². The number of phenolic OH excluding ortho intramolecular Hbond substituents is 1. The molecular weight excluding hydrogens is 325 g/mol. The van der Waals surface area contributed by atoms with Crippen LogP contribution in [0, 0.1) is 17.6 Å². The monoisotopic (exact) mass is 339 g/mol. The van der Waals surface area contributed by atoms with Crippen molar-refractivity contribution in [2.24, 2.45) is 11.7 Å². The molecule has 4 atom stereocenters. The summed E-state index contributed by atoms with van der Waals surface area (Å²) >= 11 is 0. The van der Waals surface area contributed by atoms with Crippen molar-refractivity contribution in [3.8, 4) is 5.75 Å². The van der Waals surface area contributed by atoms with E-state index in [-0.39, 0.29) is 5.56 Å². The molecule has 1 aromatic carbocycles. The minimum absolute atomic E-state index is 0.367. The Labute approximate surface area is 128 Å². The van der Waals surface area contributed by atoms with Crippen LogP contribution in [-0.4, -0.2) is 28.9 Å². The van der Waals surface area contributed by atoms with Crippen molar-refractivity contribution in [3.05, 3.63) is 29.3 Å². The number of nitrogens with two attached hydrogens (primary N) is 1. The molecule has 1 aliphatic rings.